The molecule has 0 amide bonds. The van der Waals surface area contributed by atoms with Crippen molar-refractivity contribution >= 4 is 36.8 Å². The van der Waals surface area contributed by atoms with Crippen LogP contribution in [0.25, 0.3) is 0 Å². The molecule has 19 heavy (non-hydrogen) atoms. The van der Waals surface area contributed by atoms with Crippen LogP contribution in [0.15, 0.2) is 22.7 Å². The number of rotatable bonds is 4. The number of hydrogen-bond acceptors (Lipinski definition) is 1. The van der Waals surface area contributed by atoms with Crippen molar-refractivity contribution in [1.29, 1.82) is 0 Å². The molecule has 0 aromatic carbocycles. The van der Waals surface area contributed by atoms with E-state index in [1.54, 1.807) is 4.44 Å². The molecule has 4 heteroatoms. The zero-order chi connectivity index (χ0) is 15.0. The molecule has 0 aromatic rings. The summed E-state index contributed by atoms with van der Waals surface area (Å²) >= 11 is -1.52. The van der Waals surface area contributed by atoms with Crippen LogP contribution in [-0.4, -0.2) is 46.3 Å². The SMILES string of the molecule is [CH3][Al]([CH3])[C]1=CC=CC1[N]([Al]([CH3])[CH3])[Si](C)(C)C(C)(C)C. The third-order valence-electron chi connectivity index (χ3n) is 4.93. The summed E-state index contributed by atoms with van der Waals surface area (Å²) in [4.78, 5) is 0. The molecule has 0 aliphatic heterocycles. The van der Waals surface area contributed by atoms with Crippen molar-refractivity contribution < 1.29 is 0 Å². The lowest BCUT2D eigenvalue weighted by molar-refractivity contribution is 0.544. The van der Waals surface area contributed by atoms with Crippen molar-refractivity contribution in [2.45, 2.75) is 68.1 Å². The van der Waals surface area contributed by atoms with E-state index in [1.807, 2.05) is 0 Å². The van der Waals surface area contributed by atoms with Crippen LogP contribution in [0.4, 0.5) is 0 Å². The Morgan fingerprint density at radius 3 is 2.00 bits per heavy atom. The lowest BCUT2D eigenvalue weighted by Crippen LogP contribution is -2.63. The lowest BCUT2D eigenvalue weighted by atomic mass is 10.2. The normalized spacial score (nSPS) is 19.9. The second kappa shape index (κ2) is 6.23. The summed E-state index contributed by atoms with van der Waals surface area (Å²) in [7, 11) is -1.42. The lowest BCUT2D eigenvalue weighted by Gasteiger charge is -2.52. The van der Waals surface area contributed by atoms with Crippen LogP contribution in [0.5, 0.6) is 0 Å². The average Bonchev–Trinajstić information content (AvgIpc) is 2.63. The maximum Gasteiger partial charge on any atom is 0.359 e. The Morgan fingerprint density at radius 2 is 1.63 bits per heavy atom. The smallest absolute Gasteiger partial charge is 0.359 e. The molecule has 0 N–H and O–H groups in total. The average molecular weight is 307 g/mol. The summed E-state index contributed by atoms with van der Waals surface area (Å²) < 4.78 is 4.75. The van der Waals surface area contributed by atoms with Gasteiger partial charge in [-0.25, -0.2) is 0 Å². The summed E-state index contributed by atoms with van der Waals surface area (Å²) in [6.45, 7) is 12.5. The van der Waals surface area contributed by atoms with Crippen molar-refractivity contribution in [2.75, 3.05) is 0 Å². The van der Waals surface area contributed by atoms with Crippen molar-refractivity contribution in [2.24, 2.45) is 0 Å². The monoisotopic (exact) mass is 307 g/mol. The highest BCUT2D eigenvalue weighted by Gasteiger charge is 2.46. The molecule has 106 valence electrons. The van der Waals surface area contributed by atoms with E-state index in [1.165, 1.54) is 0 Å². The summed E-state index contributed by atoms with van der Waals surface area (Å²) in [5.74, 6) is 9.95. The fourth-order valence-corrected chi connectivity index (χ4v) is 13.7. The molecule has 0 fully saturated rings. The molecule has 0 saturated heterocycles. The maximum absolute atomic E-state index is 3.00. The topological polar surface area (TPSA) is 3.24 Å². The second-order valence-corrected chi connectivity index (χ2v) is 19.3. The molecule has 0 saturated carbocycles. The molecule has 1 nitrogen and oxygen atoms in total. The fourth-order valence-electron chi connectivity index (χ4n) is 2.97. The zero-order valence-electron chi connectivity index (χ0n) is 14.4. The molecular weight excluding hydrogens is 276 g/mol. The van der Waals surface area contributed by atoms with E-state index in [2.05, 4.69) is 78.8 Å². The minimum atomic E-state index is -1.42. The van der Waals surface area contributed by atoms with E-state index in [4.69, 9.17) is 0 Å². The van der Waals surface area contributed by atoms with Gasteiger partial charge in [-0.15, -0.1) is 16.0 Å². The van der Waals surface area contributed by atoms with Gasteiger partial charge in [0, 0.05) is 6.04 Å². The minimum Gasteiger partial charge on any atom is -0.399 e. The van der Waals surface area contributed by atoms with E-state index in [-0.39, 0.29) is 0 Å². The van der Waals surface area contributed by atoms with E-state index < -0.39 is 36.8 Å². The first kappa shape index (κ1) is 17.8. The minimum absolute atomic E-state index is 0.435. The van der Waals surface area contributed by atoms with E-state index in [0.29, 0.717) is 11.1 Å². The Balaban J connectivity index is 3.17. The van der Waals surface area contributed by atoms with Crippen molar-refractivity contribution in [3.05, 3.63) is 22.7 Å². The van der Waals surface area contributed by atoms with Gasteiger partial charge in [0.15, 0.2) is 0 Å². The Morgan fingerprint density at radius 1 is 1.11 bits per heavy atom. The van der Waals surface area contributed by atoms with Gasteiger partial charge in [0.05, 0.1) is 0 Å². The molecule has 1 unspecified atom stereocenters. The van der Waals surface area contributed by atoms with Gasteiger partial charge in [-0.1, -0.05) is 63.7 Å². The van der Waals surface area contributed by atoms with E-state index >= 15 is 0 Å². The largest absolute Gasteiger partial charge is 0.399 e. The van der Waals surface area contributed by atoms with E-state index in [0.717, 1.165) is 0 Å². The quantitative estimate of drug-likeness (QED) is 0.680. The first-order valence-corrected chi connectivity index (χ1v) is 16.3. The van der Waals surface area contributed by atoms with Crippen LogP contribution >= 0.6 is 0 Å². The molecule has 0 aromatic heterocycles. The summed E-state index contributed by atoms with van der Waals surface area (Å²) in [6, 6.07) is 0.638. The van der Waals surface area contributed by atoms with Gasteiger partial charge in [0.25, 0.3) is 14.1 Å². The Hall–Kier alpha value is 0.722. The summed E-state index contributed by atoms with van der Waals surface area (Å²) in [5.41, 5.74) is 0. The molecule has 0 radical (unpaired) electrons. The van der Waals surface area contributed by atoms with E-state index in [9.17, 15) is 0 Å². The number of allylic oxidation sites excluding steroid dienone is 2. The summed E-state index contributed by atoms with van der Waals surface area (Å²) in [6.07, 6.45) is 7.19. The molecule has 1 rings (SSSR count). The van der Waals surface area contributed by atoms with Gasteiger partial charge in [0.1, 0.15) is 8.24 Å². The van der Waals surface area contributed by atoms with Gasteiger partial charge in [-0.3, -0.25) is 0 Å². The van der Waals surface area contributed by atoms with Crippen molar-refractivity contribution in [3.63, 3.8) is 0 Å². The second-order valence-electron chi connectivity index (χ2n) is 7.96. The summed E-state index contributed by atoms with van der Waals surface area (Å²) in [5, 5.41) is 0.435. The first-order chi connectivity index (χ1) is 8.50. The molecular formula is C15H31Al2NSi. The van der Waals surface area contributed by atoms with Gasteiger partial charge in [-0.05, 0) is 5.04 Å². The maximum atomic E-state index is 3.00. The molecule has 1 aliphatic carbocycles. The Labute approximate surface area is 130 Å². The number of nitrogens with zero attached hydrogens (tertiary/aromatic N) is 1. The molecule has 1 atom stereocenters. The highest BCUT2D eigenvalue weighted by molar-refractivity contribution is 6.85. The van der Waals surface area contributed by atoms with Crippen LogP contribution in [0, 0.1) is 0 Å². The molecule has 0 bridgehead atoms. The van der Waals surface area contributed by atoms with Gasteiger partial charge < -0.3 is 3.55 Å². The molecule has 1 aliphatic rings. The van der Waals surface area contributed by atoms with Gasteiger partial charge in [-0.2, -0.15) is 0 Å². The van der Waals surface area contributed by atoms with Crippen LogP contribution in [0.2, 0.25) is 41.3 Å². The molecule has 0 spiro atoms. The van der Waals surface area contributed by atoms with Crippen LogP contribution in [0.1, 0.15) is 20.8 Å². The van der Waals surface area contributed by atoms with Crippen LogP contribution in [0.3, 0.4) is 0 Å². The fraction of sp³-hybridized carbons (Fsp3) is 0.733. The first-order valence-electron chi connectivity index (χ1n) is 7.67. The Kier molecular flexibility index (Phi) is 5.83. The van der Waals surface area contributed by atoms with Crippen molar-refractivity contribution in [3.8, 4) is 0 Å². The predicted octanol–water partition coefficient (Wildman–Crippen LogP) is 4.70. The standard InChI is InChI=1S/C11H19NSi.4CH3.2Al/c1-11(2,3)13(4,5)12-10-8-6-7-9-10;;;;;;/h6-8,10H,1-5H3;4*1H3;;/q-1;;;;;;+1. The van der Waals surface area contributed by atoms with Crippen LogP contribution < -0.4 is 0 Å². The van der Waals surface area contributed by atoms with Gasteiger partial charge >= 0.3 is 14.4 Å². The molecule has 0 heterocycles. The third-order valence-corrected chi connectivity index (χ3v) is 17.0. The van der Waals surface area contributed by atoms with Crippen LogP contribution in [-0.2, 0) is 0 Å². The van der Waals surface area contributed by atoms with Gasteiger partial charge in [0.2, 0.25) is 0 Å². The third kappa shape index (κ3) is 3.68. The Bertz CT molecular complexity index is 378. The number of hydrogen-bond donors (Lipinski definition) is 0. The zero-order valence-corrected chi connectivity index (χ0v) is 17.7. The highest BCUT2D eigenvalue weighted by Crippen LogP contribution is 2.41. The highest BCUT2D eigenvalue weighted by atomic mass is 28.3. The van der Waals surface area contributed by atoms with Crippen molar-refractivity contribution in [1.82, 2.24) is 3.55 Å². The predicted molar refractivity (Wildman–Crippen MR) is 95.0 cm³/mol.